The van der Waals surface area contributed by atoms with Gasteiger partial charge < -0.3 is 29.9 Å². The number of hydrogen-bond donors (Lipinski definition) is 4. The van der Waals surface area contributed by atoms with E-state index in [4.69, 9.17) is 20.3 Å². The molecule has 8 heteroatoms. The van der Waals surface area contributed by atoms with Crippen LogP contribution in [0.5, 0.6) is 11.5 Å². The Hall–Kier alpha value is -3.10. The van der Waals surface area contributed by atoms with Crippen LogP contribution >= 0.6 is 0 Å². The highest BCUT2D eigenvalue weighted by molar-refractivity contribution is 5.96. The van der Waals surface area contributed by atoms with Crippen molar-refractivity contribution in [1.82, 2.24) is 20.4 Å². The molecule has 1 heterocycles. The Morgan fingerprint density at radius 2 is 1.03 bits per heavy atom. The first-order valence-corrected chi connectivity index (χ1v) is 12.0. The fourth-order valence-electron chi connectivity index (χ4n) is 3.92. The van der Waals surface area contributed by atoms with Gasteiger partial charge in [-0.05, 0) is 61.4 Å². The van der Waals surface area contributed by atoms with E-state index in [0.717, 1.165) is 74.7 Å². The second-order valence-corrected chi connectivity index (χ2v) is 8.39. The molecule has 1 aliphatic heterocycles. The normalized spacial score (nSPS) is 14.4. The molecule has 1 fully saturated rings. The summed E-state index contributed by atoms with van der Waals surface area (Å²) in [5.74, 6) is 2.54. The molecule has 2 aromatic carbocycles. The van der Waals surface area contributed by atoms with E-state index < -0.39 is 0 Å². The van der Waals surface area contributed by atoms with Gasteiger partial charge in [0.15, 0.2) is 0 Å². The second-order valence-electron chi connectivity index (χ2n) is 8.39. The molecule has 0 amide bonds. The molecular formula is C26H38N6O2. The van der Waals surface area contributed by atoms with Crippen molar-refractivity contribution >= 4 is 11.7 Å². The van der Waals surface area contributed by atoms with Gasteiger partial charge in [-0.3, -0.25) is 10.8 Å². The van der Waals surface area contributed by atoms with Crippen LogP contribution in [0.25, 0.3) is 0 Å². The van der Waals surface area contributed by atoms with Gasteiger partial charge in [0, 0.05) is 64.5 Å². The van der Waals surface area contributed by atoms with Crippen molar-refractivity contribution in [2.75, 3.05) is 66.6 Å². The molecule has 2 aromatic rings. The first-order chi connectivity index (χ1) is 16.6. The molecule has 4 N–H and O–H groups in total. The zero-order valence-electron chi connectivity index (χ0n) is 20.4. The zero-order chi connectivity index (χ0) is 24.2. The predicted molar refractivity (Wildman–Crippen MR) is 138 cm³/mol. The Morgan fingerprint density at radius 1 is 0.676 bits per heavy atom. The molecule has 0 saturated carbocycles. The third-order valence-electron chi connectivity index (χ3n) is 6.03. The lowest BCUT2D eigenvalue weighted by Gasteiger charge is -2.34. The summed E-state index contributed by atoms with van der Waals surface area (Å²) in [7, 11) is 3.51. The summed E-state index contributed by atoms with van der Waals surface area (Å²) >= 11 is 0. The van der Waals surface area contributed by atoms with Crippen LogP contribution in [-0.2, 0) is 0 Å². The average molecular weight is 467 g/mol. The molecule has 0 unspecified atom stereocenters. The van der Waals surface area contributed by atoms with Crippen LogP contribution in [0.3, 0.4) is 0 Å². The number of benzene rings is 2. The third-order valence-corrected chi connectivity index (χ3v) is 6.03. The van der Waals surface area contributed by atoms with E-state index in [1.54, 1.807) is 14.1 Å². The molecule has 0 bridgehead atoms. The van der Waals surface area contributed by atoms with Gasteiger partial charge in [0.05, 0.1) is 13.2 Å². The van der Waals surface area contributed by atoms with Crippen molar-refractivity contribution in [3.63, 3.8) is 0 Å². The molecule has 8 nitrogen and oxygen atoms in total. The highest BCUT2D eigenvalue weighted by Gasteiger charge is 2.16. The lowest BCUT2D eigenvalue weighted by Crippen LogP contribution is -2.47. The standard InChI is InChI=1S/C26H38N6O2/c1-29-25(27)21-5-9-23(10-6-21)33-19-3-13-31-15-17-32(18-16-31)14-4-20-34-24-11-7-22(8-12-24)26(28)30-2/h5-12H,3-4,13-20H2,1-2H3,(H2,27,29)(H2,28,30). The average Bonchev–Trinajstić information content (AvgIpc) is 2.89. The van der Waals surface area contributed by atoms with Crippen molar-refractivity contribution in [2.24, 2.45) is 0 Å². The predicted octanol–water partition coefficient (Wildman–Crippen LogP) is 2.63. The SMILES string of the molecule is CNC(=N)c1ccc(OCCCN2CCN(CCCOc3ccc(C(=N)NC)cc3)CC2)cc1. The number of piperazine rings is 1. The van der Waals surface area contributed by atoms with Crippen molar-refractivity contribution in [3.8, 4) is 11.5 Å². The van der Waals surface area contributed by atoms with Gasteiger partial charge in [0.1, 0.15) is 23.2 Å². The van der Waals surface area contributed by atoms with Crippen LogP contribution in [0.15, 0.2) is 48.5 Å². The molecule has 0 spiro atoms. The summed E-state index contributed by atoms with van der Waals surface area (Å²) in [6.45, 7) is 7.91. The molecule has 0 atom stereocenters. The van der Waals surface area contributed by atoms with E-state index in [9.17, 15) is 0 Å². The van der Waals surface area contributed by atoms with E-state index >= 15 is 0 Å². The molecule has 0 aromatic heterocycles. The summed E-state index contributed by atoms with van der Waals surface area (Å²) in [4.78, 5) is 5.02. The number of rotatable bonds is 12. The van der Waals surface area contributed by atoms with Gasteiger partial charge >= 0.3 is 0 Å². The van der Waals surface area contributed by atoms with Crippen LogP contribution in [0.4, 0.5) is 0 Å². The Balaban J connectivity index is 1.23. The maximum absolute atomic E-state index is 7.78. The van der Waals surface area contributed by atoms with Gasteiger partial charge in [-0.15, -0.1) is 0 Å². The first kappa shape index (κ1) is 25.5. The molecule has 3 rings (SSSR count). The van der Waals surface area contributed by atoms with E-state index in [0.29, 0.717) is 24.9 Å². The summed E-state index contributed by atoms with van der Waals surface area (Å²) in [5, 5.41) is 21.2. The second kappa shape index (κ2) is 13.6. The number of ether oxygens (including phenoxy) is 2. The fourth-order valence-corrected chi connectivity index (χ4v) is 3.92. The molecular weight excluding hydrogens is 428 g/mol. The smallest absolute Gasteiger partial charge is 0.125 e. The van der Waals surface area contributed by atoms with Gasteiger partial charge in [0.2, 0.25) is 0 Å². The topological polar surface area (TPSA) is 96.7 Å². The fraction of sp³-hybridized carbons (Fsp3) is 0.462. The minimum atomic E-state index is 0.413. The quantitative estimate of drug-likeness (QED) is 0.218. The minimum absolute atomic E-state index is 0.413. The Kier molecular flexibility index (Phi) is 10.2. The van der Waals surface area contributed by atoms with Gasteiger partial charge in [0.25, 0.3) is 0 Å². The molecule has 34 heavy (non-hydrogen) atoms. The summed E-state index contributed by atoms with van der Waals surface area (Å²) in [6, 6.07) is 15.3. The van der Waals surface area contributed by atoms with Crippen LogP contribution in [0.1, 0.15) is 24.0 Å². The first-order valence-electron chi connectivity index (χ1n) is 12.0. The minimum Gasteiger partial charge on any atom is -0.494 e. The van der Waals surface area contributed by atoms with Crippen molar-refractivity contribution in [3.05, 3.63) is 59.7 Å². The largest absolute Gasteiger partial charge is 0.494 e. The molecule has 0 aliphatic carbocycles. The zero-order valence-corrected chi connectivity index (χ0v) is 20.4. The third kappa shape index (κ3) is 8.04. The summed E-state index contributed by atoms with van der Waals surface area (Å²) in [5.41, 5.74) is 1.72. The van der Waals surface area contributed by atoms with Crippen LogP contribution < -0.4 is 20.1 Å². The number of hydrogen-bond acceptors (Lipinski definition) is 6. The Bertz CT molecular complexity index is 817. The van der Waals surface area contributed by atoms with Gasteiger partial charge in [-0.2, -0.15) is 0 Å². The van der Waals surface area contributed by atoms with Crippen molar-refractivity contribution in [1.29, 1.82) is 10.8 Å². The lowest BCUT2D eigenvalue weighted by atomic mass is 10.2. The van der Waals surface area contributed by atoms with E-state index in [2.05, 4.69) is 20.4 Å². The van der Waals surface area contributed by atoms with Crippen molar-refractivity contribution in [2.45, 2.75) is 12.8 Å². The van der Waals surface area contributed by atoms with Gasteiger partial charge in [-0.25, -0.2) is 0 Å². The van der Waals surface area contributed by atoms with E-state index in [1.807, 2.05) is 48.5 Å². The number of amidine groups is 2. The summed E-state index contributed by atoms with van der Waals surface area (Å²) < 4.78 is 11.7. The van der Waals surface area contributed by atoms with Crippen LogP contribution in [-0.4, -0.2) is 88.0 Å². The maximum atomic E-state index is 7.78. The monoisotopic (exact) mass is 466 g/mol. The van der Waals surface area contributed by atoms with Crippen LogP contribution in [0.2, 0.25) is 0 Å². The van der Waals surface area contributed by atoms with E-state index in [-0.39, 0.29) is 0 Å². The van der Waals surface area contributed by atoms with Crippen LogP contribution in [0, 0.1) is 10.8 Å². The highest BCUT2D eigenvalue weighted by Crippen LogP contribution is 2.14. The molecule has 184 valence electrons. The number of nitrogens with zero attached hydrogens (tertiary/aromatic N) is 2. The van der Waals surface area contributed by atoms with E-state index in [1.165, 1.54) is 0 Å². The number of nitrogens with one attached hydrogen (secondary N) is 4. The molecule has 1 aliphatic rings. The Labute approximate surface area is 203 Å². The molecule has 0 radical (unpaired) electrons. The lowest BCUT2D eigenvalue weighted by molar-refractivity contribution is 0.120. The van der Waals surface area contributed by atoms with Crippen molar-refractivity contribution < 1.29 is 9.47 Å². The highest BCUT2D eigenvalue weighted by atomic mass is 16.5. The molecule has 1 saturated heterocycles. The maximum Gasteiger partial charge on any atom is 0.125 e. The van der Waals surface area contributed by atoms with Gasteiger partial charge in [-0.1, -0.05) is 0 Å². The summed E-state index contributed by atoms with van der Waals surface area (Å²) in [6.07, 6.45) is 2.02. The Morgan fingerprint density at radius 3 is 1.35 bits per heavy atom.